The molecule has 0 bridgehead atoms. The molecule has 3 rings (SSSR count). The third-order valence-corrected chi connectivity index (χ3v) is 5.68. The van der Waals surface area contributed by atoms with Crippen molar-refractivity contribution in [2.75, 3.05) is 20.1 Å². The number of nitrogens with one attached hydrogen (secondary N) is 1. The van der Waals surface area contributed by atoms with E-state index in [9.17, 15) is 14.0 Å². The zero-order valence-corrected chi connectivity index (χ0v) is 16.4. The number of carbonyl (C=O) groups is 2. The summed E-state index contributed by atoms with van der Waals surface area (Å²) in [6.45, 7) is 2.24. The van der Waals surface area contributed by atoms with Gasteiger partial charge in [0.05, 0.1) is 6.54 Å². The Kier molecular flexibility index (Phi) is 6.11. The third-order valence-electron chi connectivity index (χ3n) is 5.68. The number of hydrogen-bond donors (Lipinski definition) is 1. The van der Waals surface area contributed by atoms with E-state index in [0.29, 0.717) is 6.54 Å². The quantitative estimate of drug-likeness (QED) is 0.796. The third kappa shape index (κ3) is 4.40. The van der Waals surface area contributed by atoms with E-state index in [1.165, 1.54) is 17.0 Å². The lowest BCUT2D eigenvalue weighted by Gasteiger charge is -2.30. The van der Waals surface area contributed by atoms with Gasteiger partial charge >= 0.3 is 0 Å². The summed E-state index contributed by atoms with van der Waals surface area (Å²) in [6.07, 6.45) is 7.45. The molecule has 1 saturated carbocycles. The second-order valence-electron chi connectivity index (χ2n) is 7.63. The Bertz CT molecular complexity index is 798. The Morgan fingerprint density at radius 2 is 1.96 bits per heavy atom. The number of nitrogens with zero attached hydrogens (tertiary/aromatic N) is 3. The predicted molar refractivity (Wildman–Crippen MR) is 104 cm³/mol. The van der Waals surface area contributed by atoms with Gasteiger partial charge < -0.3 is 10.2 Å². The lowest BCUT2D eigenvalue weighted by Crippen LogP contribution is -2.45. The second kappa shape index (κ2) is 8.54. The highest BCUT2D eigenvalue weighted by atomic mass is 19.1. The largest absolute Gasteiger partial charge is 0.354 e. The van der Waals surface area contributed by atoms with Crippen molar-refractivity contribution in [1.82, 2.24) is 20.0 Å². The van der Waals surface area contributed by atoms with Gasteiger partial charge in [-0.2, -0.15) is 5.10 Å². The predicted octanol–water partition coefficient (Wildman–Crippen LogP) is 2.67. The average Bonchev–Trinajstić information content (AvgIpc) is 3.38. The molecule has 1 aromatic heterocycles. The van der Waals surface area contributed by atoms with Crippen LogP contribution in [-0.4, -0.2) is 46.6 Å². The number of aromatic nitrogens is 2. The summed E-state index contributed by atoms with van der Waals surface area (Å²) in [4.78, 5) is 26.4. The smallest absolute Gasteiger partial charge is 0.247 e. The van der Waals surface area contributed by atoms with Crippen LogP contribution in [0, 0.1) is 5.82 Å². The molecule has 2 amide bonds. The molecule has 0 saturated heterocycles. The van der Waals surface area contributed by atoms with E-state index >= 15 is 0 Å². The molecule has 0 aliphatic heterocycles. The van der Waals surface area contributed by atoms with Gasteiger partial charge in [0.2, 0.25) is 11.8 Å². The van der Waals surface area contributed by atoms with Crippen molar-refractivity contribution in [2.45, 2.75) is 44.1 Å². The van der Waals surface area contributed by atoms with Crippen LogP contribution in [0.2, 0.25) is 0 Å². The first-order valence-electron chi connectivity index (χ1n) is 9.68. The summed E-state index contributed by atoms with van der Waals surface area (Å²) >= 11 is 0. The van der Waals surface area contributed by atoms with Gasteiger partial charge in [0.25, 0.3) is 0 Å². The molecule has 1 fully saturated rings. The molecule has 1 N–H and O–H groups in total. The Morgan fingerprint density at radius 1 is 1.29 bits per heavy atom. The van der Waals surface area contributed by atoms with Crippen LogP contribution in [0.4, 0.5) is 4.39 Å². The van der Waals surface area contributed by atoms with Gasteiger partial charge in [0.1, 0.15) is 11.9 Å². The molecule has 1 unspecified atom stereocenters. The summed E-state index contributed by atoms with van der Waals surface area (Å²) in [6, 6.07) is 7.86. The fourth-order valence-corrected chi connectivity index (χ4v) is 3.98. The van der Waals surface area contributed by atoms with Crippen molar-refractivity contribution in [2.24, 2.45) is 0 Å². The van der Waals surface area contributed by atoms with Gasteiger partial charge in [-0.05, 0) is 43.5 Å². The topological polar surface area (TPSA) is 67.2 Å². The van der Waals surface area contributed by atoms with Crippen molar-refractivity contribution in [1.29, 1.82) is 0 Å². The Hall–Kier alpha value is -2.70. The van der Waals surface area contributed by atoms with Gasteiger partial charge in [-0.25, -0.2) is 4.39 Å². The summed E-state index contributed by atoms with van der Waals surface area (Å²) in [7, 11) is 1.62. The monoisotopic (exact) mass is 386 g/mol. The maximum atomic E-state index is 13.3. The van der Waals surface area contributed by atoms with Gasteiger partial charge in [0.15, 0.2) is 0 Å². The van der Waals surface area contributed by atoms with Crippen molar-refractivity contribution < 1.29 is 14.0 Å². The Morgan fingerprint density at radius 3 is 2.57 bits per heavy atom. The molecule has 2 aromatic rings. The number of likely N-dealkylation sites (N-methyl/N-ethyl adjacent to an activating group) is 1. The minimum absolute atomic E-state index is 0.00998. The van der Waals surface area contributed by atoms with Crippen molar-refractivity contribution in [3.8, 4) is 0 Å². The van der Waals surface area contributed by atoms with Crippen LogP contribution in [-0.2, 0) is 15.0 Å². The van der Waals surface area contributed by atoms with Gasteiger partial charge in [-0.1, -0.05) is 25.0 Å². The number of rotatable bonds is 7. The summed E-state index contributed by atoms with van der Waals surface area (Å²) in [5.74, 6) is -0.628. The van der Waals surface area contributed by atoms with Crippen LogP contribution in [0.3, 0.4) is 0 Å². The average molecular weight is 386 g/mol. The normalized spacial score (nSPS) is 16.5. The Balaban J connectivity index is 1.57. The highest BCUT2D eigenvalue weighted by Gasteiger charge is 2.36. The number of amides is 2. The van der Waals surface area contributed by atoms with Gasteiger partial charge in [0, 0.05) is 31.4 Å². The molecule has 28 heavy (non-hydrogen) atoms. The molecule has 1 atom stereocenters. The zero-order valence-electron chi connectivity index (χ0n) is 16.4. The molecule has 0 spiro atoms. The molecular weight excluding hydrogens is 359 g/mol. The minimum atomic E-state index is -0.465. The second-order valence-corrected chi connectivity index (χ2v) is 7.63. The minimum Gasteiger partial charge on any atom is -0.354 e. The summed E-state index contributed by atoms with van der Waals surface area (Å²) in [5, 5.41) is 7.07. The Labute approximate surface area is 164 Å². The van der Waals surface area contributed by atoms with Crippen molar-refractivity contribution >= 4 is 11.8 Å². The zero-order chi connectivity index (χ0) is 20.1. The lowest BCUT2D eigenvalue weighted by atomic mass is 9.79. The molecule has 1 aliphatic carbocycles. The number of halogens is 1. The number of carbonyl (C=O) groups excluding carboxylic acids is 2. The van der Waals surface area contributed by atoms with E-state index in [1.54, 1.807) is 37.1 Å². The maximum Gasteiger partial charge on any atom is 0.247 e. The fourth-order valence-electron chi connectivity index (χ4n) is 3.98. The van der Waals surface area contributed by atoms with E-state index < -0.39 is 6.04 Å². The molecular formula is C21H27FN4O2. The van der Waals surface area contributed by atoms with Crippen LogP contribution in [0.1, 0.15) is 44.2 Å². The molecule has 1 heterocycles. The van der Waals surface area contributed by atoms with Crippen LogP contribution in [0.5, 0.6) is 0 Å². The first-order valence-corrected chi connectivity index (χ1v) is 9.68. The van der Waals surface area contributed by atoms with E-state index in [2.05, 4.69) is 10.4 Å². The van der Waals surface area contributed by atoms with E-state index in [4.69, 9.17) is 0 Å². The first kappa shape index (κ1) is 20.0. The molecule has 150 valence electrons. The van der Waals surface area contributed by atoms with E-state index in [-0.39, 0.29) is 29.6 Å². The highest BCUT2D eigenvalue weighted by molar-refractivity contribution is 5.86. The maximum absolute atomic E-state index is 13.3. The van der Waals surface area contributed by atoms with Crippen LogP contribution < -0.4 is 5.32 Å². The van der Waals surface area contributed by atoms with E-state index in [0.717, 1.165) is 31.2 Å². The standard InChI is InChI=1S/C21H27FN4O2/c1-16(26-13-5-12-24-26)20(28)25(2)14-19(27)23-15-21(10-3-4-11-21)17-6-8-18(22)9-7-17/h5-9,12-13,16H,3-4,10-11,14-15H2,1-2H3,(H,23,27). The van der Waals surface area contributed by atoms with Crippen LogP contribution in [0.25, 0.3) is 0 Å². The van der Waals surface area contributed by atoms with Crippen molar-refractivity contribution in [3.63, 3.8) is 0 Å². The van der Waals surface area contributed by atoms with Crippen LogP contribution in [0.15, 0.2) is 42.7 Å². The first-order chi connectivity index (χ1) is 13.4. The van der Waals surface area contributed by atoms with Crippen LogP contribution >= 0.6 is 0 Å². The molecule has 1 aromatic carbocycles. The van der Waals surface area contributed by atoms with Crippen molar-refractivity contribution in [3.05, 3.63) is 54.1 Å². The summed E-state index contributed by atoms with van der Waals surface area (Å²) in [5.41, 5.74) is 0.900. The summed E-state index contributed by atoms with van der Waals surface area (Å²) < 4.78 is 14.9. The highest BCUT2D eigenvalue weighted by Crippen LogP contribution is 2.40. The fraction of sp³-hybridized carbons (Fsp3) is 0.476. The van der Waals surface area contributed by atoms with E-state index in [1.807, 2.05) is 12.1 Å². The molecule has 7 heteroatoms. The number of hydrogen-bond acceptors (Lipinski definition) is 3. The molecule has 0 radical (unpaired) electrons. The van der Waals surface area contributed by atoms with Gasteiger partial charge in [-0.15, -0.1) is 0 Å². The number of benzene rings is 1. The molecule has 1 aliphatic rings. The lowest BCUT2D eigenvalue weighted by molar-refractivity contribution is -0.137. The van der Waals surface area contributed by atoms with Gasteiger partial charge in [-0.3, -0.25) is 14.3 Å². The molecule has 6 nitrogen and oxygen atoms in total. The SMILES string of the molecule is CC(C(=O)N(C)CC(=O)NCC1(c2ccc(F)cc2)CCCC1)n1cccn1.